The normalized spacial score (nSPS) is 13.7. The van der Waals surface area contributed by atoms with Crippen LogP contribution in [0.4, 0.5) is 11.4 Å². The Labute approximate surface area is 185 Å². The molecule has 0 saturated heterocycles. The van der Waals surface area contributed by atoms with E-state index in [2.05, 4.69) is 103 Å². The quantitative estimate of drug-likeness (QED) is 0.209. The number of benzene rings is 2. The molecule has 0 amide bonds. The molecule has 2 atom stereocenters. The van der Waals surface area contributed by atoms with Crippen LogP contribution in [0.15, 0.2) is 73.1 Å². The molecular formula is C21H20I2N4+2. The first-order valence-electron chi connectivity index (χ1n) is 8.71. The summed E-state index contributed by atoms with van der Waals surface area (Å²) in [5.74, 6) is 0. The lowest BCUT2D eigenvalue weighted by atomic mass is 10.1. The van der Waals surface area contributed by atoms with Gasteiger partial charge >= 0.3 is 0 Å². The monoisotopic (exact) mass is 582 g/mol. The molecule has 0 aliphatic heterocycles. The first-order chi connectivity index (χ1) is 13.1. The maximum atomic E-state index is 6.16. The van der Waals surface area contributed by atoms with Crippen LogP contribution in [0, 0.1) is 0 Å². The average Bonchev–Trinajstić information content (AvgIpc) is 2.69. The third kappa shape index (κ3) is 3.56. The Hall–Kier alpha value is -1.68. The van der Waals surface area contributed by atoms with Crippen LogP contribution in [0.2, 0.25) is 0 Å². The van der Waals surface area contributed by atoms with Crippen molar-refractivity contribution in [3.63, 3.8) is 0 Å². The number of hydrogen-bond acceptors (Lipinski definition) is 2. The fourth-order valence-corrected chi connectivity index (χ4v) is 6.33. The molecule has 0 aliphatic rings. The molecule has 4 N–H and O–H groups in total. The van der Waals surface area contributed by atoms with Gasteiger partial charge in [-0.25, -0.2) is 0 Å². The Morgan fingerprint density at radius 3 is 1.52 bits per heavy atom. The fourth-order valence-electron chi connectivity index (χ4n) is 3.42. The standard InChI is InChI=1S/C21H18I2N4/c22-20(26-11-9-16(24)14-5-1-3-7-18(14)26)13-21(23)27-12-10-17(25)15-6-2-4-8-19(15)27/h1-12,20-21,24-25H,13H2/p+2. The van der Waals surface area contributed by atoms with Gasteiger partial charge in [0.15, 0.2) is 12.4 Å². The molecule has 4 rings (SSSR count). The maximum absolute atomic E-state index is 6.16. The van der Waals surface area contributed by atoms with Crippen LogP contribution in [0.1, 0.15) is 14.5 Å². The second kappa shape index (κ2) is 7.75. The Bertz CT molecular complexity index is 1040. The van der Waals surface area contributed by atoms with E-state index >= 15 is 0 Å². The second-order valence-electron chi connectivity index (χ2n) is 6.50. The Morgan fingerprint density at radius 1 is 0.667 bits per heavy atom. The number of rotatable bonds is 4. The topological polar surface area (TPSA) is 59.8 Å². The summed E-state index contributed by atoms with van der Waals surface area (Å²) in [5, 5.41) is 2.19. The van der Waals surface area contributed by atoms with Crippen molar-refractivity contribution in [1.82, 2.24) is 0 Å². The van der Waals surface area contributed by atoms with Gasteiger partial charge in [-0.15, -0.1) is 0 Å². The molecule has 0 saturated carbocycles. The summed E-state index contributed by atoms with van der Waals surface area (Å²) in [6.45, 7) is 0. The van der Waals surface area contributed by atoms with Gasteiger partial charge in [-0.2, -0.15) is 9.13 Å². The molecule has 0 fully saturated rings. The number of fused-ring (bicyclic) bond motifs is 2. The van der Waals surface area contributed by atoms with Gasteiger partial charge in [-0.05, 0) is 57.3 Å². The third-order valence-electron chi connectivity index (χ3n) is 4.81. The maximum Gasteiger partial charge on any atom is 0.215 e. The van der Waals surface area contributed by atoms with Crippen molar-refractivity contribution in [3.05, 3.63) is 73.1 Å². The smallest absolute Gasteiger partial charge is 0.215 e. The zero-order chi connectivity index (χ0) is 19.0. The molecule has 0 radical (unpaired) electrons. The molecule has 0 bridgehead atoms. The number of anilines is 2. The zero-order valence-corrected chi connectivity index (χ0v) is 18.9. The largest absolute Gasteiger partial charge is 0.398 e. The number of aromatic nitrogens is 2. The van der Waals surface area contributed by atoms with Gasteiger partial charge in [0.05, 0.1) is 28.6 Å². The SMILES string of the molecule is Nc1cc[n+](C(I)CC(I)[n+]2ccc(N)c3ccccc32)c2ccccc12. The predicted molar refractivity (Wildman–Crippen MR) is 128 cm³/mol. The van der Waals surface area contributed by atoms with E-state index in [4.69, 9.17) is 11.5 Å². The minimum absolute atomic E-state index is 0.291. The molecule has 136 valence electrons. The van der Waals surface area contributed by atoms with Crippen molar-refractivity contribution >= 4 is 78.4 Å². The van der Waals surface area contributed by atoms with Gasteiger partial charge in [0, 0.05) is 24.3 Å². The summed E-state index contributed by atoms with van der Waals surface area (Å²) >= 11 is 5.04. The van der Waals surface area contributed by atoms with Crippen molar-refractivity contribution < 1.29 is 9.13 Å². The average molecular weight is 582 g/mol. The Balaban J connectivity index is 1.69. The molecule has 4 aromatic rings. The van der Waals surface area contributed by atoms with Crippen molar-refractivity contribution in [3.8, 4) is 0 Å². The molecule has 4 nitrogen and oxygen atoms in total. The minimum Gasteiger partial charge on any atom is -0.398 e. The van der Waals surface area contributed by atoms with Gasteiger partial charge in [0.1, 0.15) is 0 Å². The Kier molecular flexibility index (Phi) is 5.36. The summed E-state index contributed by atoms with van der Waals surface area (Å²) in [7, 11) is 0. The zero-order valence-electron chi connectivity index (χ0n) is 14.6. The van der Waals surface area contributed by atoms with Crippen molar-refractivity contribution in [1.29, 1.82) is 0 Å². The lowest BCUT2D eigenvalue weighted by molar-refractivity contribution is -0.699. The highest BCUT2D eigenvalue weighted by molar-refractivity contribution is 14.1. The summed E-state index contributed by atoms with van der Waals surface area (Å²) in [4.78, 5) is 0. The molecule has 27 heavy (non-hydrogen) atoms. The van der Waals surface area contributed by atoms with Gasteiger partial charge in [-0.1, -0.05) is 24.3 Å². The van der Waals surface area contributed by atoms with Crippen LogP contribution in [-0.2, 0) is 0 Å². The molecule has 2 aromatic carbocycles. The number of para-hydroxylation sites is 2. The van der Waals surface area contributed by atoms with E-state index < -0.39 is 0 Å². The molecule has 6 heteroatoms. The minimum atomic E-state index is 0.291. The molecule has 0 spiro atoms. The second-order valence-corrected chi connectivity index (χ2v) is 9.37. The molecule has 2 unspecified atom stereocenters. The van der Waals surface area contributed by atoms with Gasteiger partial charge in [0.25, 0.3) is 0 Å². The highest BCUT2D eigenvalue weighted by Crippen LogP contribution is 2.29. The van der Waals surface area contributed by atoms with E-state index in [0.717, 1.165) is 39.6 Å². The molecular weight excluding hydrogens is 562 g/mol. The van der Waals surface area contributed by atoms with E-state index in [1.54, 1.807) is 0 Å². The molecule has 2 aromatic heterocycles. The number of pyridine rings is 2. The number of nitrogens with zero attached hydrogens (tertiary/aromatic N) is 2. The van der Waals surface area contributed by atoms with E-state index in [-0.39, 0.29) is 0 Å². The van der Waals surface area contributed by atoms with Crippen LogP contribution >= 0.6 is 45.2 Å². The number of hydrogen-bond donors (Lipinski definition) is 2. The van der Waals surface area contributed by atoms with E-state index in [0.29, 0.717) is 8.10 Å². The van der Waals surface area contributed by atoms with Crippen LogP contribution in [0.25, 0.3) is 21.8 Å². The summed E-state index contributed by atoms with van der Waals surface area (Å²) in [5.41, 5.74) is 16.3. The van der Waals surface area contributed by atoms with E-state index in [9.17, 15) is 0 Å². The fraction of sp³-hybridized carbons (Fsp3) is 0.143. The van der Waals surface area contributed by atoms with Crippen molar-refractivity contribution in [2.45, 2.75) is 14.5 Å². The first kappa shape index (κ1) is 18.7. The number of halogens is 2. The third-order valence-corrected chi connectivity index (χ3v) is 7.03. The lowest BCUT2D eigenvalue weighted by Gasteiger charge is -2.12. The summed E-state index contributed by atoms with van der Waals surface area (Å²) in [6.07, 6.45) is 5.14. The van der Waals surface area contributed by atoms with Crippen LogP contribution in [0.5, 0.6) is 0 Å². The number of nitrogen functional groups attached to an aromatic ring is 2. The van der Waals surface area contributed by atoms with Gasteiger partial charge in [0.2, 0.25) is 19.1 Å². The van der Waals surface area contributed by atoms with Gasteiger partial charge < -0.3 is 11.5 Å². The lowest BCUT2D eigenvalue weighted by Crippen LogP contribution is -2.42. The van der Waals surface area contributed by atoms with Crippen LogP contribution in [0.3, 0.4) is 0 Å². The highest BCUT2D eigenvalue weighted by Gasteiger charge is 2.28. The van der Waals surface area contributed by atoms with Crippen molar-refractivity contribution in [2.75, 3.05) is 11.5 Å². The number of alkyl halides is 2. The van der Waals surface area contributed by atoms with E-state index in [1.165, 1.54) is 0 Å². The van der Waals surface area contributed by atoms with Gasteiger partial charge in [-0.3, -0.25) is 0 Å². The van der Waals surface area contributed by atoms with Crippen LogP contribution < -0.4 is 20.6 Å². The van der Waals surface area contributed by atoms with Crippen molar-refractivity contribution in [2.24, 2.45) is 0 Å². The van der Waals surface area contributed by atoms with E-state index in [1.807, 2.05) is 24.3 Å². The highest BCUT2D eigenvalue weighted by atomic mass is 127. The number of nitrogens with two attached hydrogens (primary N) is 2. The van der Waals surface area contributed by atoms with Crippen LogP contribution in [-0.4, -0.2) is 0 Å². The summed E-state index contributed by atoms with van der Waals surface area (Å²) < 4.78 is 5.19. The summed E-state index contributed by atoms with van der Waals surface area (Å²) in [6, 6.07) is 20.6. The molecule has 0 aliphatic carbocycles. The first-order valence-corrected chi connectivity index (χ1v) is 11.2. The molecule has 2 heterocycles. The Morgan fingerprint density at radius 2 is 1.07 bits per heavy atom. The predicted octanol–water partition coefficient (Wildman–Crippen LogP) is 4.69.